The van der Waals surface area contributed by atoms with Crippen molar-refractivity contribution in [3.63, 3.8) is 0 Å². The minimum Gasteiger partial charge on any atom is -0.396 e. The number of nitrogen functional groups attached to an aromatic ring is 1. The molecule has 0 aliphatic carbocycles. The Balaban J connectivity index is 2.50. The zero-order valence-electron chi connectivity index (χ0n) is 11.4. The van der Waals surface area contributed by atoms with Crippen LogP contribution in [0.15, 0.2) is 17.0 Å². The molecule has 7 heteroatoms. The highest BCUT2D eigenvalue weighted by atomic mass is 35.5. The van der Waals surface area contributed by atoms with E-state index in [0.717, 1.165) is 18.9 Å². The van der Waals surface area contributed by atoms with E-state index in [4.69, 9.17) is 17.3 Å². The first-order valence-corrected chi connectivity index (χ1v) is 8.33. The van der Waals surface area contributed by atoms with E-state index >= 15 is 0 Å². The molecule has 0 radical (unpaired) electrons. The molecule has 1 saturated heterocycles. The van der Waals surface area contributed by atoms with Crippen LogP contribution in [-0.4, -0.2) is 25.3 Å². The van der Waals surface area contributed by atoms with E-state index in [-0.39, 0.29) is 22.7 Å². The SMILES string of the molecule is CC1CCCN(S(=O)(=O)c2cc(Cl)cc(N)c2F)C1C. The van der Waals surface area contributed by atoms with Crippen LogP contribution < -0.4 is 5.73 Å². The first-order chi connectivity index (χ1) is 9.25. The van der Waals surface area contributed by atoms with Gasteiger partial charge in [-0.15, -0.1) is 0 Å². The molecule has 112 valence electrons. The van der Waals surface area contributed by atoms with Crippen molar-refractivity contribution in [1.82, 2.24) is 4.31 Å². The predicted octanol–water partition coefficient (Wildman–Crippen LogP) is 2.87. The molecule has 20 heavy (non-hydrogen) atoms. The van der Waals surface area contributed by atoms with E-state index in [1.807, 2.05) is 13.8 Å². The van der Waals surface area contributed by atoms with Gasteiger partial charge >= 0.3 is 0 Å². The molecule has 1 aliphatic rings. The van der Waals surface area contributed by atoms with Crippen LogP contribution >= 0.6 is 11.6 Å². The Morgan fingerprint density at radius 1 is 1.40 bits per heavy atom. The Morgan fingerprint density at radius 2 is 2.05 bits per heavy atom. The summed E-state index contributed by atoms with van der Waals surface area (Å²) in [6, 6.07) is 2.15. The Hall–Kier alpha value is -0.850. The smallest absolute Gasteiger partial charge is 0.246 e. The Labute approximate surface area is 123 Å². The van der Waals surface area contributed by atoms with Crippen LogP contribution in [0.5, 0.6) is 0 Å². The van der Waals surface area contributed by atoms with Gasteiger partial charge in [-0.05, 0) is 37.8 Å². The maximum atomic E-state index is 14.1. The Morgan fingerprint density at radius 3 is 2.70 bits per heavy atom. The van der Waals surface area contributed by atoms with Crippen LogP contribution in [0, 0.1) is 11.7 Å². The fourth-order valence-corrected chi connectivity index (χ4v) is 4.71. The molecule has 0 saturated carbocycles. The second-order valence-electron chi connectivity index (χ2n) is 5.28. The summed E-state index contributed by atoms with van der Waals surface area (Å²) >= 11 is 5.80. The summed E-state index contributed by atoms with van der Waals surface area (Å²) < 4.78 is 40.7. The van der Waals surface area contributed by atoms with E-state index < -0.39 is 20.7 Å². The molecule has 1 aromatic carbocycles. The van der Waals surface area contributed by atoms with Crippen LogP contribution in [0.25, 0.3) is 0 Å². The molecule has 2 rings (SSSR count). The van der Waals surface area contributed by atoms with Crippen molar-refractivity contribution in [2.24, 2.45) is 5.92 Å². The molecule has 0 bridgehead atoms. The number of nitrogens with two attached hydrogens (primary N) is 1. The second-order valence-corrected chi connectivity index (χ2v) is 7.58. The summed E-state index contributed by atoms with van der Waals surface area (Å²) in [6.45, 7) is 4.22. The molecule has 4 nitrogen and oxygen atoms in total. The first-order valence-electron chi connectivity index (χ1n) is 6.51. The molecule has 0 spiro atoms. The third-order valence-corrected chi connectivity index (χ3v) is 6.14. The molecular formula is C13H18ClFN2O2S. The number of hydrogen-bond acceptors (Lipinski definition) is 3. The van der Waals surface area contributed by atoms with Crippen molar-refractivity contribution >= 4 is 27.3 Å². The van der Waals surface area contributed by atoms with Gasteiger partial charge in [0.05, 0.1) is 5.69 Å². The molecule has 1 aromatic rings. The predicted molar refractivity (Wildman–Crippen MR) is 77.6 cm³/mol. The zero-order valence-corrected chi connectivity index (χ0v) is 13.0. The summed E-state index contributed by atoms with van der Waals surface area (Å²) in [4.78, 5) is -0.441. The van der Waals surface area contributed by atoms with Gasteiger partial charge in [-0.25, -0.2) is 12.8 Å². The van der Waals surface area contributed by atoms with Crippen molar-refractivity contribution < 1.29 is 12.8 Å². The molecule has 0 aromatic heterocycles. The fraction of sp³-hybridized carbons (Fsp3) is 0.538. The lowest BCUT2D eigenvalue weighted by Gasteiger charge is -2.36. The van der Waals surface area contributed by atoms with Crippen LogP contribution in [0.4, 0.5) is 10.1 Å². The summed E-state index contributed by atoms with van der Waals surface area (Å²) in [5.41, 5.74) is 5.21. The zero-order chi connectivity index (χ0) is 15.1. The van der Waals surface area contributed by atoms with E-state index in [1.54, 1.807) is 0 Å². The molecule has 1 aliphatic heterocycles. The lowest BCUT2D eigenvalue weighted by Crippen LogP contribution is -2.46. The van der Waals surface area contributed by atoms with E-state index in [9.17, 15) is 12.8 Å². The number of anilines is 1. The van der Waals surface area contributed by atoms with Gasteiger partial charge in [0.25, 0.3) is 0 Å². The van der Waals surface area contributed by atoms with Crippen molar-refractivity contribution in [2.45, 2.75) is 37.6 Å². The van der Waals surface area contributed by atoms with Crippen molar-refractivity contribution in [2.75, 3.05) is 12.3 Å². The average Bonchev–Trinajstić information content (AvgIpc) is 2.36. The number of piperidine rings is 1. The van der Waals surface area contributed by atoms with Crippen LogP contribution in [-0.2, 0) is 10.0 Å². The molecule has 1 fully saturated rings. The summed E-state index contributed by atoms with van der Waals surface area (Å²) in [6.07, 6.45) is 1.73. The summed E-state index contributed by atoms with van der Waals surface area (Å²) in [7, 11) is -3.93. The molecule has 2 atom stereocenters. The van der Waals surface area contributed by atoms with Gasteiger partial charge in [0, 0.05) is 17.6 Å². The summed E-state index contributed by atoms with van der Waals surface area (Å²) in [5.74, 6) is -0.696. The quantitative estimate of drug-likeness (QED) is 0.852. The van der Waals surface area contributed by atoms with Gasteiger partial charge in [0.2, 0.25) is 10.0 Å². The Kier molecular flexibility index (Phi) is 4.27. The lowest BCUT2D eigenvalue weighted by molar-refractivity contribution is 0.202. The maximum Gasteiger partial charge on any atom is 0.246 e. The van der Waals surface area contributed by atoms with E-state index in [2.05, 4.69) is 0 Å². The van der Waals surface area contributed by atoms with Gasteiger partial charge in [-0.2, -0.15) is 4.31 Å². The summed E-state index contributed by atoms with van der Waals surface area (Å²) in [5, 5.41) is 0.111. The van der Waals surface area contributed by atoms with Crippen LogP contribution in [0.1, 0.15) is 26.7 Å². The molecular weight excluding hydrogens is 303 g/mol. The number of benzene rings is 1. The van der Waals surface area contributed by atoms with Crippen molar-refractivity contribution in [3.05, 3.63) is 23.0 Å². The Bertz CT molecular complexity index is 621. The van der Waals surface area contributed by atoms with Crippen molar-refractivity contribution in [3.8, 4) is 0 Å². The number of sulfonamides is 1. The third kappa shape index (κ3) is 2.64. The lowest BCUT2D eigenvalue weighted by atomic mass is 9.94. The molecule has 0 amide bonds. The monoisotopic (exact) mass is 320 g/mol. The molecule has 1 heterocycles. The first kappa shape index (κ1) is 15.5. The molecule has 2 N–H and O–H groups in total. The van der Waals surface area contributed by atoms with Gasteiger partial charge in [0.1, 0.15) is 4.90 Å². The minimum absolute atomic E-state index is 0.111. The van der Waals surface area contributed by atoms with E-state index in [0.29, 0.717) is 6.54 Å². The minimum atomic E-state index is -3.93. The fourth-order valence-electron chi connectivity index (χ4n) is 2.54. The maximum absolute atomic E-state index is 14.1. The standard InChI is InChI=1S/C13H18ClFN2O2S/c1-8-4-3-5-17(9(8)2)20(18,19)12-7-10(14)6-11(16)13(12)15/h6-9H,3-5,16H2,1-2H3. The van der Waals surface area contributed by atoms with E-state index in [1.165, 1.54) is 10.4 Å². The highest BCUT2D eigenvalue weighted by molar-refractivity contribution is 7.89. The van der Waals surface area contributed by atoms with Gasteiger partial charge in [-0.3, -0.25) is 0 Å². The number of halogens is 2. The normalized spacial score (nSPS) is 24.8. The largest absolute Gasteiger partial charge is 0.396 e. The van der Waals surface area contributed by atoms with Crippen molar-refractivity contribution in [1.29, 1.82) is 0 Å². The van der Waals surface area contributed by atoms with Gasteiger partial charge in [-0.1, -0.05) is 18.5 Å². The average molecular weight is 321 g/mol. The van der Waals surface area contributed by atoms with Crippen LogP contribution in [0.3, 0.4) is 0 Å². The van der Waals surface area contributed by atoms with Gasteiger partial charge in [0.15, 0.2) is 5.82 Å². The second kappa shape index (κ2) is 5.50. The number of hydrogen-bond donors (Lipinski definition) is 1. The highest BCUT2D eigenvalue weighted by Crippen LogP contribution is 2.32. The topological polar surface area (TPSA) is 63.4 Å². The molecule has 2 unspecified atom stereocenters. The third-order valence-electron chi connectivity index (χ3n) is 3.93. The van der Waals surface area contributed by atoms with Gasteiger partial charge < -0.3 is 5.73 Å². The number of nitrogens with zero attached hydrogens (tertiary/aromatic N) is 1. The highest BCUT2D eigenvalue weighted by Gasteiger charge is 2.36. The number of rotatable bonds is 2. The van der Waals surface area contributed by atoms with Crippen LogP contribution in [0.2, 0.25) is 5.02 Å².